The number of nitrogens with zero attached hydrogens (tertiary/aromatic N) is 1. The summed E-state index contributed by atoms with van der Waals surface area (Å²) in [4.78, 5) is 2.44. The molecule has 0 unspecified atom stereocenters. The second-order valence-corrected chi connectivity index (χ2v) is 6.04. The number of aliphatic hydroxyl groups is 1. The first kappa shape index (κ1) is 16.6. The van der Waals surface area contributed by atoms with Crippen LogP contribution in [0, 0.1) is 0 Å². The zero-order valence-electron chi connectivity index (χ0n) is 12.9. The molecule has 0 bridgehead atoms. The summed E-state index contributed by atoms with van der Waals surface area (Å²) < 4.78 is 6.24. The second-order valence-electron chi connectivity index (χ2n) is 6.04. The quantitative estimate of drug-likeness (QED) is 0.926. The third-order valence-corrected chi connectivity index (χ3v) is 5.12. The number of aliphatic hydroxyl groups excluding tert-OH is 1. The van der Waals surface area contributed by atoms with Gasteiger partial charge in [0, 0.05) is 5.56 Å². The van der Waals surface area contributed by atoms with Gasteiger partial charge in [0.1, 0.15) is 17.5 Å². The molecule has 1 aromatic carbocycles. The van der Waals surface area contributed by atoms with Gasteiger partial charge in [0.25, 0.3) is 0 Å². The maximum atomic E-state index is 11.0. The van der Waals surface area contributed by atoms with Gasteiger partial charge in [-0.05, 0) is 44.8 Å². The zero-order chi connectivity index (χ0) is 14.2. The maximum absolute atomic E-state index is 11.0. The van der Waals surface area contributed by atoms with E-state index < -0.39 is 11.7 Å². The van der Waals surface area contributed by atoms with E-state index in [1.165, 1.54) is 12.8 Å². The monoisotopic (exact) mass is 311 g/mol. The Hall–Kier alpha value is -0.770. The normalized spacial score (nSPS) is 27.6. The predicted molar refractivity (Wildman–Crippen MR) is 87.2 cm³/mol. The molecule has 3 rings (SSSR count). The van der Waals surface area contributed by atoms with E-state index in [1.807, 2.05) is 18.2 Å². The van der Waals surface area contributed by atoms with E-state index in [1.54, 1.807) is 0 Å². The summed E-state index contributed by atoms with van der Waals surface area (Å²) in [5.74, 6) is 0.957. The highest BCUT2D eigenvalue weighted by atomic mass is 35.5. The number of fused-ring (bicyclic) bond motifs is 1. The van der Waals surface area contributed by atoms with Crippen molar-refractivity contribution in [2.45, 2.75) is 57.3 Å². The molecule has 0 spiro atoms. The Balaban J connectivity index is 0.00000161. The van der Waals surface area contributed by atoms with Crippen LogP contribution in [0.5, 0.6) is 5.75 Å². The SMILES string of the molecule is CCC1(CC)Oc2ccccc2[C@H](N2CCCC2)[C@H]1O.Cl. The fraction of sp³-hybridized carbons (Fsp3) is 0.647. The first-order chi connectivity index (χ1) is 9.72. The summed E-state index contributed by atoms with van der Waals surface area (Å²) in [7, 11) is 0. The van der Waals surface area contributed by atoms with Gasteiger partial charge in [-0.2, -0.15) is 0 Å². The summed E-state index contributed by atoms with van der Waals surface area (Å²) in [6, 6.07) is 8.31. The van der Waals surface area contributed by atoms with E-state index in [4.69, 9.17) is 4.74 Å². The summed E-state index contributed by atoms with van der Waals surface area (Å²) in [6.07, 6.45) is 3.69. The molecule has 2 atom stereocenters. The van der Waals surface area contributed by atoms with Crippen LogP contribution in [0.3, 0.4) is 0 Å². The Morgan fingerprint density at radius 3 is 2.43 bits per heavy atom. The van der Waals surface area contributed by atoms with Gasteiger partial charge in [-0.25, -0.2) is 0 Å². The lowest BCUT2D eigenvalue weighted by Gasteiger charge is -2.48. The third kappa shape index (κ3) is 2.67. The van der Waals surface area contributed by atoms with E-state index >= 15 is 0 Å². The van der Waals surface area contributed by atoms with Crippen molar-refractivity contribution in [3.63, 3.8) is 0 Å². The highest BCUT2D eigenvalue weighted by Gasteiger charge is 2.49. The molecule has 0 aliphatic carbocycles. The van der Waals surface area contributed by atoms with Gasteiger partial charge in [0.15, 0.2) is 0 Å². The topological polar surface area (TPSA) is 32.7 Å². The number of ether oxygens (including phenoxy) is 1. The summed E-state index contributed by atoms with van der Waals surface area (Å²) in [5, 5.41) is 11.0. The number of hydrogen-bond acceptors (Lipinski definition) is 3. The fourth-order valence-electron chi connectivity index (χ4n) is 3.78. The molecule has 1 saturated heterocycles. The van der Waals surface area contributed by atoms with Crippen LogP contribution in [-0.2, 0) is 0 Å². The molecular formula is C17H26ClNO2. The lowest BCUT2D eigenvalue weighted by molar-refractivity contribution is -0.113. The lowest BCUT2D eigenvalue weighted by atomic mass is 9.80. The van der Waals surface area contributed by atoms with Gasteiger partial charge in [0.2, 0.25) is 0 Å². The van der Waals surface area contributed by atoms with Crippen LogP contribution in [0.1, 0.15) is 51.1 Å². The minimum absolute atomic E-state index is 0. The molecule has 2 aliphatic heterocycles. The van der Waals surface area contributed by atoms with Gasteiger partial charge in [-0.15, -0.1) is 12.4 Å². The number of para-hydroxylation sites is 1. The first-order valence-electron chi connectivity index (χ1n) is 7.92. The predicted octanol–water partition coefficient (Wildman–Crippen LogP) is 3.56. The van der Waals surface area contributed by atoms with Gasteiger partial charge in [-0.1, -0.05) is 32.0 Å². The molecule has 0 aromatic heterocycles. The van der Waals surface area contributed by atoms with E-state index in [9.17, 15) is 5.11 Å². The van der Waals surface area contributed by atoms with E-state index in [-0.39, 0.29) is 18.4 Å². The van der Waals surface area contributed by atoms with Crippen LogP contribution in [-0.4, -0.2) is 34.8 Å². The van der Waals surface area contributed by atoms with Crippen LogP contribution >= 0.6 is 12.4 Å². The molecule has 118 valence electrons. The summed E-state index contributed by atoms with van der Waals surface area (Å²) in [6.45, 7) is 6.39. The molecule has 0 saturated carbocycles. The van der Waals surface area contributed by atoms with Crippen LogP contribution < -0.4 is 4.74 Å². The van der Waals surface area contributed by atoms with E-state index in [0.717, 1.165) is 37.2 Å². The number of halogens is 1. The number of likely N-dealkylation sites (tertiary alicyclic amines) is 1. The minimum atomic E-state index is -0.453. The van der Waals surface area contributed by atoms with Crippen molar-refractivity contribution in [2.24, 2.45) is 0 Å². The highest BCUT2D eigenvalue weighted by Crippen LogP contribution is 2.46. The van der Waals surface area contributed by atoms with Crippen LogP contribution in [0.2, 0.25) is 0 Å². The summed E-state index contributed by atoms with van der Waals surface area (Å²) in [5.41, 5.74) is 0.709. The smallest absolute Gasteiger partial charge is 0.136 e. The molecule has 0 amide bonds. The number of hydrogen-bond donors (Lipinski definition) is 1. The standard InChI is InChI=1S/C17H25NO2.ClH/c1-3-17(4-2)16(19)15(18-11-7-8-12-18)13-9-5-6-10-14(13)20-17;/h5-6,9-10,15-16,19H,3-4,7-8,11-12H2,1-2H3;1H/t15-,16+;/m0./s1. The second kappa shape index (κ2) is 6.55. The number of rotatable bonds is 3. The molecular weight excluding hydrogens is 286 g/mol. The average Bonchev–Trinajstić information content (AvgIpc) is 3.00. The van der Waals surface area contributed by atoms with Crippen LogP contribution in [0.15, 0.2) is 24.3 Å². The molecule has 0 radical (unpaired) electrons. The first-order valence-corrected chi connectivity index (χ1v) is 7.92. The molecule has 4 heteroatoms. The van der Waals surface area contributed by atoms with Crippen molar-refractivity contribution in [3.05, 3.63) is 29.8 Å². The minimum Gasteiger partial charge on any atom is -0.484 e. The Morgan fingerprint density at radius 1 is 1.19 bits per heavy atom. The highest BCUT2D eigenvalue weighted by molar-refractivity contribution is 5.85. The van der Waals surface area contributed by atoms with Gasteiger partial charge >= 0.3 is 0 Å². The van der Waals surface area contributed by atoms with Crippen LogP contribution in [0.4, 0.5) is 0 Å². The zero-order valence-corrected chi connectivity index (χ0v) is 13.7. The average molecular weight is 312 g/mol. The molecule has 1 N–H and O–H groups in total. The molecule has 1 fully saturated rings. The Bertz CT molecular complexity index is 470. The fourth-order valence-corrected chi connectivity index (χ4v) is 3.78. The Kier molecular flexibility index (Phi) is 5.18. The van der Waals surface area contributed by atoms with Crippen molar-refractivity contribution in [3.8, 4) is 5.75 Å². The number of benzene rings is 1. The van der Waals surface area contributed by atoms with Crippen molar-refractivity contribution >= 4 is 12.4 Å². The van der Waals surface area contributed by atoms with Crippen molar-refractivity contribution in [1.82, 2.24) is 4.90 Å². The molecule has 21 heavy (non-hydrogen) atoms. The van der Waals surface area contributed by atoms with Gasteiger partial charge in [-0.3, -0.25) is 4.90 Å². The molecule has 1 aromatic rings. The van der Waals surface area contributed by atoms with Gasteiger partial charge in [0.05, 0.1) is 6.04 Å². The van der Waals surface area contributed by atoms with Crippen LogP contribution in [0.25, 0.3) is 0 Å². The molecule has 3 nitrogen and oxygen atoms in total. The van der Waals surface area contributed by atoms with E-state index in [0.29, 0.717) is 0 Å². The largest absolute Gasteiger partial charge is 0.484 e. The molecule has 2 aliphatic rings. The van der Waals surface area contributed by atoms with E-state index in [2.05, 4.69) is 24.8 Å². The Labute approximate surface area is 133 Å². The summed E-state index contributed by atoms with van der Waals surface area (Å²) >= 11 is 0. The molecule has 2 heterocycles. The van der Waals surface area contributed by atoms with Gasteiger partial charge < -0.3 is 9.84 Å². The van der Waals surface area contributed by atoms with Crippen molar-refractivity contribution in [1.29, 1.82) is 0 Å². The third-order valence-electron chi connectivity index (χ3n) is 5.12. The maximum Gasteiger partial charge on any atom is 0.136 e. The Morgan fingerprint density at radius 2 is 1.81 bits per heavy atom. The van der Waals surface area contributed by atoms with Crippen molar-refractivity contribution in [2.75, 3.05) is 13.1 Å². The van der Waals surface area contributed by atoms with Crippen molar-refractivity contribution < 1.29 is 9.84 Å². The lowest BCUT2D eigenvalue weighted by Crippen LogP contribution is -2.56.